The molecule has 0 amide bonds. The van der Waals surface area contributed by atoms with E-state index in [1.165, 1.54) is 6.33 Å². The third-order valence-electron chi connectivity index (χ3n) is 3.52. The fourth-order valence-electron chi connectivity index (χ4n) is 2.30. The van der Waals surface area contributed by atoms with E-state index in [4.69, 9.17) is 0 Å². The highest BCUT2D eigenvalue weighted by Crippen LogP contribution is 2.31. The van der Waals surface area contributed by atoms with Crippen LogP contribution in [0.5, 0.6) is 0 Å². The predicted octanol–water partition coefficient (Wildman–Crippen LogP) is 4.98. The second-order valence-electron chi connectivity index (χ2n) is 5.41. The number of hydrogen-bond acceptors (Lipinski definition) is 8. The maximum Gasteiger partial charge on any atom is 0.353 e. The van der Waals surface area contributed by atoms with E-state index in [0.29, 0.717) is 17.9 Å². The minimum absolute atomic E-state index is 0.115. The SMILES string of the molecule is CCNc1ncnc(Nc2ccc(N=Nc3ccccc3)cc2)c1[N+](=O)[O-]. The first-order chi connectivity index (χ1) is 13.2. The summed E-state index contributed by atoms with van der Waals surface area (Å²) in [6.07, 6.45) is 1.27. The molecule has 0 saturated heterocycles. The molecule has 27 heavy (non-hydrogen) atoms. The smallest absolute Gasteiger partial charge is 0.353 e. The molecule has 0 aliphatic carbocycles. The zero-order chi connectivity index (χ0) is 19.1. The van der Waals surface area contributed by atoms with Crippen molar-refractivity contribution < 1.29 is 4.92 Å². The molecule has 3 aromatic rings. The molecule has 0 radical (unpaired) electrons. The van der Waals surface area contributed by atoms with Crippen molar-refractivity contribution in [3.8, 4) is 0 Å². The third-order valence-corrected chi connectivity index (χ3v) is 3.52. The molecular weight excluding hydrogens is 346 g/mol. The second kappa shape index (κ2) is 8.48. The molecule has 9 nitrogen and oxygen atoms in total. The minimum Gasteiger partial charge on any atom is -0.364 e. The number of rotatable bonds is 7. The highest BCUT2D eigenvalue weighted by atomic mass is 16.6. The fourth-order valence-corrected chi connectivity index (χ4v) is 2.30. The average molecular weight is 363 g/mol. The van der Waals surface area contributed by atoms with Crippen molar-refractivity contribution in [3.05, 3.63) is 71.0 Å². The Bertz CT molecular complexity index is 944. The number of aromatic nitrogens is 2. The van der Waals surface area contributed by atoms with Crippen LogP contribution in [-0.2, 0) is 0 Å². The Morgan fingerprint density at radius 2 is 1.59 bits per heavy atom. The minimum atomic E-state index is -0.511. The van der Waals surface area contributed by atoms with E-state index in [-0.39, 0.29) is 17.3 Å². The van der Waals surface area contributed by atoms with E-state index in [9.17, 15) is 10.1 Å². The molecular formula is C18H17N7O2. The van der Waals surface area contributed by atoms with Gasteiger partial charge in [-0.1, -0.05) is 18.2 Å². The van der Waals surface area contributed by atoms with Gasteiger partial charge in [0, 0.05) is 12.2 Å². The number of nitrogens with one attached hydrogen (secondary N) is 2. The van der Waals surface area contributed by atoms with Crippen molar-refractivity contribution in [1.82, 2.24) is 9.97 Å². The van der Waals surface area contributed by atoms with Crippen LogP contribution in [0.3, 0.4) is 0 Å². The summed E-state index contributed by atoms with van der Waals surface area (Å²) in [5.41, 5.74) is 1.85. The highest BCUT2D eigenvalue weighted by molar-refractivity contribution is 5.74. The molecule has 1 heterocycles. The number of anilines is 3. The number of nitro groups is 1. The Kier molecular flexibility index (Phi) is 5.63. The van der Waals surface area contributed by atoms with Crippen LogP contribution in [0, 0.1) is 10.1 Å². The number of benzene rings is 2. The lowest BCUT2D eigenvalue weighted by Gasteiger charge is -2.09. The highest BCUT2D eigenvalue weighted by Gasteiger charge is 2.22. The average Bonchev–Trinajstić information content (AvgIpc) is 2.68. The fraction of sp³-hybridized carbons (Fsp3) is 0.111. The van der Waals surface area contributed by atoms with Gasteiger partial charge < -0.3 is 10.6 Å². The zero-order valence-electron chi connectivity index (χ0n) is 14.5. The molecule has 9 heteroatoms. The first kappa shape index (κ1) is 17.9. The lowest BCUT2D eigenvalue weighted by Crippen LogP contribution is -2.07. The Labute approximate surface area is 155 Å². The summed E-state index contributed by atoms with van der Waals surface area (Å²) in [5, 5.41) is 25.5. The molecule has 1 aromatic heterocycles. The molecule has 136 valence electrons. The van der Waals surface area contributed by atoms with Crippen molar-refractivity contribution >= 4 is 34.4 Å². The monoisotopic (exact) mass is 363 g/mol. The van der Waals surface area contributed by atoms with Crippen molar-refractivity contribution in [2.24, 2.45) is 10.2 Å². The number of hydrogen-bond donors (Lipinski definition) is 2. The molecule has 0 spiro atoms. The molecule has 0 fully saturated rings. The Hall–Kier alpha value is -3.88. The summed E-state index contributed by atoms with van der Waals surface area (Å²) in [4.78, 5) is 18.8. The van der Waals surface area contributed by atoms with E-state index >= 15 is 0 Å². The van der Waals surface area contributed by atoms with Crippen LogP contribution in [0.4, 0.5) is 34.4 Å². The lowest BCUT2D eigenvalue weighted by atomic mass is 10.3. The van der Waals surface area contributed by atoms with Gasteiger partial charge >= 0.3 is 5.69 Å². The molecule has 0 atom stereocenters. The molecule has 0 aliphatic heterocycles. The molecule has 3 rings (SSSR count). The Morgan fingerprint density at radius 1 is 0.963 bits per heavy atom. The van der Waals surface area contributed by atoms with Gasteiger partial charge in [0.2, 0.25) is 11.6 Å². The van der Waals surface area contributed by atoms with Gasteiger partial charge in [-0.25, -0.2) is 9.97 Å². The van der Waals surface area contributed by atoms with Gasteiger partial charge in [0.15, 0.2) is 0 Å². The van der Waals surface area contributed by atoms with Gasteiger partial charge in [-0.3, -0.25) is 10.1 Å². The second-order valence-corrected chi connectivity index (χ2v) is 5.41. The topological polar surface area (TPSA) is 118 Å². The Morgan fingerprint density at radius 3 is 2.22 bits per heavy atom. The molecule has 0 bridgehead atoms. The van der Waals surface area contributed by atoms with Gasteiger partial charge in [-0.05, 0) is 43.3 Å². The van der Waals surface area contributed by atoms with Crippen molar-refractivity contribution in [3.63, 3.8) is 0 Å². The zero-order valence-corrected chi connectivity index (χ0v) is 14.5. The largest absolute Gasteiger partial charge is 0.364 e. The van der Waals surface area contributed by atoms with E-state index in [1.807, 2.05) is 37.3 Å². The standard InChI is InChI=1S/C18H17N7O2/c1-2-19-17-16(25(26)27)18(21-12-20-17)22-13-8-10-15(11-9-13)24-23-14-6-4-3-5-7-14/h3-12H,2H2,1H3,(H2,19,20,21,22). The van der Waals surface area contributed by atoms with E-state index in [0.717, 1.165) is 5.69 Å². The van der Waals surface area contributed by atoms with E-state index in [1.54, 1.807) is 24.3 Å². The van der Waals surface area contributed by atoms with Crippen LogP contribution >= 0.6 is 0 Å². The molecule has 2 N–H and O–H groups in total. The van der Waals surface area contributed by atoms with Gasteiger partial charge in [0.25, 0.3) is 0 Å². The van der Waals surface area contributed by atoms with Crippen LogP contribution in [0.2, 0.25) is 0 Å². The van der Waals surface area contributed by atoms with Crippen LogP contribution < -0.4 is 10.6 Å². The van der Waals surface area contributed by atoms with Crippen LogP contribution in [0.25, 0.3) is 0 Å². The molecule has 0 aliphatic rings. The quantitative estimate of drug-likeness (QED) is 0.347. The number of nitrogens with zero attached hydrogens (tertiary/aromatic N) is 5. The van der Waals surface area contributed by atoms with Crippen molar-refractivity contribution in [2.45, 2.75) is 6.92 Å². The maximum absolute atomic E-state index is 11.4. The first-order valence-electron chi connectivity index (χ1n) is 8.24. The molecule has 0 unspecified atom stereocenters. The van der Waals surface area contributed by atoms with Crippen molar-refractivity contribution in [1.29, 1.82) is 0 Å². The summed E-state index contributed by atoms with van der Waals surface area (Å²) in [7, 11) is 0. The van der Waals surface area contributed by atoms with Crippen molar-refractivity contribution in [2.75, 3.05) is 17.2 Å². The summed E-state index contributed by atoms with van der Waals surface area (Å²) >= 11 is 0. The normalized spacial score (nSPS) is 10.7. The summed E-state index contributed by atoms with van der Waals surface area (Å²) in [5.74, 6) is 0.290. The predicted molar refractivity (Wildman–Crippen MR) is 103 cm³/mol. The molecule has 0 saturated carbocycles. The van der Waals surface area contributed by atoms with Gasteiger partial charge in [0.1, 0.15) is 6.33 Å². The van der Waals surface area contributed by atoms with Gasteiger partial charge in [-0.15, -0.1) is 0 Å². The summed E-state index contributed by atoms with van der Waals surface area (Å²) < 4.78 is 0. The maximum atomic E-state index is 11.4. The van der Waals surface area contributed by atoms with E-state index < -0.39 is 4.92 Å². The number of azo groups is 1. The van der Waals surface area contributed by atoms with Crippen LogP contribution in [-0.4, -0.2) is 21.4 Å². The first-order valence-corrected chi connectivity index (χ1v) is 8.24. The lowest BCUT2D eigenvalue weighted by molar-refractivity contribution is -0.383. The summed E-state index contributed by atoms with van der Waals surface area (Å²) in [6.45, 7) is 2.35. The van der Waals surface area contributed by atoms with Gasteiger partial charge in [-0.2, -0.15) is 10.2 Å². The van der Waals surface area contributed by atoms with E-state index in [2.05, 4.69) is 30.8 Å². The Balaban J connectivity index is 1.78. The van der Waals surface area contributed by atoms with Crippen LogP contribution in [0.1, 0.15) is 6.92 Å². The van der Waals surface area contributed by atoms with Gasteiger partial charge in [0.05, 0.1) is 16.3 Å². The third kappa shape index (κ3) is 4.60. The van der Waals surface area contributed by atoms with Crippen LogP contribution in [0.15, 0.2) is 71.2 Å². The summed E-state index contributed by atoms with van der Waals surface area (Å²) in [6, 6.07) is 16.4. The molecule has 2 aromatic carbocycles.